The highest BCUT2D eigenvalue weighted by Gasteiger charge is 2.19. The molecule has 2 aromatic rings. The first kappa shape index (κ1) is 13.3. The number of aromatic amines is 1. The van der Waals surface area contributed by atoms with Crippen molar-refractivity contribution in [2.75, 3.05) is 24.5 Å². The fourth-order valence-corrected chi connectivity index (χ4v) is 2.89. The maximum Gasteiger partial charge on any atom is 0.182 e. The second kappa shape index (κ2) is 6.17. The summed E-state index contributed by atoms with van der Waals surface area (Å²) >= 11 is 0. The van der Waals surface area contributed by atoms with Crippen LogP contribution in [0.4, 0.5) is 5.82 Å². The molecule has 3 heterocycles. The average molecular weight is 274 g/mol. The highest BCUT2D eigenvalue weighted by Crippen LogP contribution is 2.21. The van der Waals surface area contributed by atoms with Gasteiger partial charge in [0, 0.05) is 19.1 Å². The number of aromatic nitrogens is 4. The standard InChI is InChI=1S/C14H22N6/c1-2-7-20(8-11-5-3-4-6-15-11)14-12-13(17-9-16-12)18-10-19-14/h9-11,15H,2-8H2,1H3,(H,16,17,18,19). The van der Waals surface area contributed by atoms with Crippen molar-refractivity contribution < 1.29 is 0 Å². The van der Waals surface area contributed by atoms with Gasteiger partial charge >= 0.3 is 0 Å². The largest absolute Gasteiger partial charge is 0.353 e. The van der Waals surface area contributed by atoms with Crippen LogP contribution in [0, 0.1) is 0 Å². The predicted octanol–water partition coefficient (Wildman–Crippen LogP) is 1.71. The SMILES string of the molecule is CCCN(CC1CCCCN1)c1ncnc2nc[nH]c12. The van der Waals surface area contributed by atoms with Crippen molar-refractivity contribution in [3.05, 3.63) is 12.7 Å². The van der Waals surface area contributed by atoms with Crippen molar-refractivity contribution >= 4 is 17.0 Å². The number of hydrogen-bond acceptors (Lipinski definition) is 5. The van der Waals surface area contributed by atoms with Gasteiger partial charge in [0.25, 0.3) is 0 Å². The van der Waals surface area contributed by atoms with Gasteiger partial charge in [-0.1, -0.05) is 13.3 Å². The second-order valence-corrected chi connectivity index (χ2v) is 5.39. The van der Waals surface area contributed by atoms with Gasteiger partial charge in [-0.05, 0) is 25.8 Å². The van der Waals surface area contributed by atoms with E-state index in [-0.39, 0.29) is 0 Å². The molecule has 108 valence electrons. The topological polar surface area (TPSA) is 69.7 Å². The molecule has 2 aromatic heterocycles. The molecule has 20 heavy (non-hydrogen) atoms. The first-order valence-corrected chi connectivity index (χ1v) is 7.51. The molecule has 1 aliphatic rings. The van der Waals surface area contributed by atoms with Crippen molar-refractivity contribution in [3.63, 3.8) is 0 Å². The minimum Gasteiger partial charge on any atom is -0.353 e. The van der Waals surface area contributed by atoms with Crippen LogP contribution >= 0.6 is 0 Å². The van der Waals surface area contributed by atoms with Crippen molar-refractivity contribution in [1.29, 1.82) is 0 Å². The first-order chi connectivity index (χ1) is 9.88. The van der Waals surface area contributed by atoms with Crippen LogP contribution in [0.1, 0.15) is 32.6 Å². The molecule has 1 fully saturated rings. The smallest absolute Gasteiger partial charge is 0.182 e. The van der Waals surface area contributed by atoms with Gasteiger partial charge in [0.2, 0.25) is 0 Å². The van der Waals surface area contributed by atoms with Crippen molar-refractivity contribution in [1.82, 2.24) is 25.3 Å². The van der Waals surface area contributed by atoms with Gasteiger partial charge in [-0.25, -0.2) is 15.0 Å². The molecule has 1 atom stereocenters. The lowest BCUT2D eigenvalue weighted by atomic mass is 10.0. The van der Waals surface area contributed by atoms with Crippen LogP contribution in [0.5, 0.6) is 0 Å². The Bertz CT molecular complexity index is 545. The Kier molecular flexibility index (Phi) is 4.11. The molecular weight excluding hydrogens is 252 g/mol. The summed E-state index contributed by atoms with van der Waals surface area (Å²) < 4.78 is 0. The molecule has 6 heteroatoms. The number of piperidine rings is 1. The van der Waals surface area contributed by atoms with Crippen LogP contribution < -0.4 is 10.2 Å². The van der Waals surface area contributed by atoms with Crippen molar-refractivity contribution in [3.8, 4) is 0 Å². The monoisotopic (exact) mass is 274 g/mol. The molecule has 3 rings (SSSR count). The van der Waals surface area contributed by atoms with Crippen LogP contribution in [0.25, 0.3) is 11.2 Å². The molecular formula is C14H22N6. The van der Waals surface area contributed by atoms with Crippen LogP contribution in [0.2, 0.25) is 0 Å². The van der Waals surface area contributed by atoms with Crippen molar-refractivity contribution in [2.24, 2.45) is 0 Å². The number of hydrogen-bond donors (Lipinski definition) is 2. The van der Waals surface area contributed by atoms with Gasteiger partial charge in [0.1, 0.15) is 11.8 Å². The molecule has 0 spiro atoms. The Labute approximate surface area is 119 Å². The Balaban J connectivity index is 1.83. The molecule has 0 aliphatic carbocycles. The Hall–Kier alpha value is -1.69. The number of H-pyrrole nitrogens is 1. The zero-order chi connectivity index (χ0) is 13.8. The summed E-state index contributed by atoms with van der Waals surface area (Å²) in [5.41, 5.74) is 1.68. The second-order valence-electron chi connectivity index (χ2n) is 5.39. The van der Waals surface area contributed by atoms with E-state index in [1.165, 1.54) is 19.3 Å². The third-order valence-electron chi connectivity index (χ3n) is 3.85. The molecule has 0 bridgehead atoms. The molecule has 6 nitrogen and oxygen atoms in total. The van der Waals surface area contributed by atoms with Gasteiger partial charge < -0.3 is 15.2 Å². The van der Waals surface area contributed by atoms with Crippen LogP contribution in [0.15, 0.2) is 12.7 Å². The fraction of sp³-hybridized carbons (Fsp3) is 0.643. The summed E-state index contributed by atoms with van der Waals surface area (Å²) in [6.45, 7) is 5.34. The van der Waals surface area contributed by atoms with E-state index in [1.54, 1.807) is 12.7 Å². The summed E-state index contributed by atoms with van der Waals surface area (Å²) in [6, 6.07) is 0.559. The lowest BCUT2D eigenvalue weighted by Crippen LogP contribution is -2.44. The number of nitrogens with one attached hydrogen (secondary N) is 2. The highest BCUT2D eigenvalue weighted by molar-refractivity contribution is 5.82. The van der Waals surface area contributed by atoms with Gasteiger partial charge in [0.05, 0.1) is 6.33 Å². The van der Waals surface area contributed by atoms with Crippen molar-refractivity contribution in [2.45, 2.75) is 38.6 Å². The zero-order valence-electron chi connectivity index (χ0n) is 12.0. The lowest BCUT2D eigenvalue weighted by Gasteiger charge is -2.31. The molecule has 0 amide bonds. The van der Waals surface area contributed by atoms with Gasteiger partial charge in [0.15, 0.2) is 11.5 Å². The van der Waals surface area contributed by atoms with Gasteiger partial charge in [-0.15, -0.1) is 0 Å². The maximum absolute atomic E-state index is 4.48. The number of rotatable bonds is 5. The lowest BCUT2D eigenvalue weighted by molar-refractivity contribution is 0.398. The number of imidazole rings is 1. The third kappa shape index (κ3) is 2.75. The minimum absolute atomic E-state index is 0.559. The van der Waals surface area contributed by atoms with E-state index in [0.717, 1.165) is 43.0 Å². The van der Waals surface area contributed by atoms with E-state index >= 15 is 0 Å². The van der Waals surface area contributed by atoms with E-state index in [4.69, 9.17) is 0 Å². The summed E-state index contributed by atoms with van der Waals surface area (Å²) in [5, 5.41) is 3.61. The summed E-state index contributed by atoms with van der Waals surface area (Å²) in [5.74, 6) is 0.974. The molecule has 2 N–H and O–H groups in total. The highest BCUT2D eigenvalue weighted by atomic mass is 15.2. The molecule has 0 radical (unpaired) electrons. The summed E-state index contributed by atoms with van der Waals surface area (Å²) in [4.78, 5) is 18.4. The minimum atomic E-state index is 0.559. The van der Waals surface area contributed by atoms with Crippen LogP contribution in [-0.4, -0.2) is 45.6 Å². The number of nitrogens with zero attached hydrogens (tertiary/aromatic N) is 4. The van der Waals surface area contributed by atoms with Gasteiger partial charge in [-0.2, -0.15) is 0 Å². The third-order valence-corrected chi connectivity index (χ3v) is 3.85. The average Bonchev–Trinajstić information content (AvgIpc) is 2.96. The molecule has 0 aromatic carbocycles. The molecule has 1 unspecified atom stereocenters. The normalized spacial score (nSPS) is 19.4. The number of anilines is 1. The fourth-order valence-electron chi connectivity index (χ4n) is 2.89. The van der Waals surface area contributed by atoms with E-state index in [2.05, 4.69) is 37.1 Å². The van der Waals surface area contributed by atoms with E-state index in [0.29, 0.717) is 6.04 Å². The Morgan fingerprint density at radius 2 is 2.25 bits per heavy atom. The van der Waals surface area contributed by atoms with Crippen LogP contribution in [-0.2, 0) is 0 Å². The Morgan fingerprint density at radius 1 is 1.30 bits per heavy atom. The Morgan fingerprint density at radius 3 is 3.05 bits per heavy atom. The quantitative estimate of drug-likeness (QED) is 0.868. The summed E-state index contributed by atoms with van der Waals surface area (Å²) in [6.07, 6.45) is 8.26. The zero-order valence-corrected chi connectivity index (χ0v) is 12.0. The van der Waals surface area contributed by atoms with E-state index < -0.39 is 0 Å². The molecule has 1 saturated heterocycles. The molecule has 1 aliphatic heterocycles. The van der Waals surface area contributed by atoms with Crippen LogP contribution in [0.3, 0.4) is 0 Å². The number of fused-ring (bicyclic) bond motifs is 1. The maximum atomic E-state index is 4.48. The van der Waals surface area contributed by atoms with E-state index in [1.807, 2.05) is 0 Å². The summed E-state index contributed by atoms with van der Waals surface area (Å²) in [7, 11) is 0. The molecule has 0 saturated carbocycles. The van der Waals surface area contributed by atoms with Gasteiger partial charge in [-0.3, -0.25) is 0 Å². The predicted molar refractivity (Wildman–Crippen MR) is 79.8 cm³/mol. The van der Waals surface area contributed by atoms with E-state index in [9.17, 15) is 0 Å². The first-order valence-electron chi connectivity index (χ1n) is 7.51.